The molecule has 0 aliphatic carbocycles. The van der Waals surface area contributed by atoms with Crippen molar-refractivity contribution in [2.75, 3.05) is 10.6 Å². The lowest BCUT2D eigenvalue weighted by Gasteiger charge is -2.14. The minimum absolute atomic E-state index is 0.0207. The minimum Gasteiger partial charge on any atom is -0.471 e. The molecular formula is C21H22F2N4O2S. The summed E-state index contributed by atoms with van der Waals surface area (Å²) < 4.78 is 37.1. The maximum absolute atomic E-state index is 12.6. The molecule has 0 aliphatic heterocycles. The number of alkyl halides is 2. The monoisotopic (exact) mass is 432 g/mol. The molecule has 0 saturated carbocycles. The lowest BCUT2D eigenvalue weighted by atomic mass is 10.2. The second kappa shape index (κ2) is 10.0. The number of nitrogens with zero attached hydrogens (tertiary/aromatic N) is 2. The lowest BCUT2D eigenvalue weighted by molar-refractivity contribution is -0.0493. The predicted molar refractivity (Wildman–Crippen MR) is 116 cm³/mol. The molecule has 0 spiro atoms. The molecule has 1 heterocycles. The number of nitrogens with one attached hydrogen (secondary N) is 2. The second-order valence-electron chi connectivity index (χ2n) is 6.50. The molecule has 0 amide bonds. The number of anilines is 2. The van der Waals surface area contributed by atoms with Crippen molar-refractivity contribution in [2.45, 2.75) is 33.6 Å². The van der Waals surface area contributed by atoms with Crippen LogP contribution in [0, 0.1) is 6.92 Å². The van der Waals surface area contributed by atoms with Crippen molar-refractivity contribution >= 4 is 28.7 Å². The summed E-state index contributed by atoms with van der Waals surface area (Å²) in [7, 11) is 0. The summed E-state index contributed by atoms with van der Waals surface area (Å²) in [5.41, 5.74) is 3.00. The topological polar surface area (TPSA) is 60.3 Å². The van der Waals surface area contributed by atoms with E-state index in [2.05, 4.69) is 27.4 Å². The molecule has 9 heteroatoms. The first-order chi connectivity index (χ1) is 14.4. The van der Waals surface area contributed by atoms with Crippen LogP contribution in [-0.2, 0) is 13.2 Å². The van der Waals surface area contributed by atoms with Crippen LogP contribution >= 0.6 is 12.2 Å². The Labute approximate surface area is 178 Å². The Morgan fingerprint density at radius 3 is 2.63 bits per heavy atom. The number of hydrogen-bond acceptors (Lipinski definition) is 4. The zero-order chi connectivity index (χ0) is 21.5. The molecule has 2 aromatic carbocycles. The maximum Gasteiger partial charge on any atom is 0.387 e. The zero-order valence-corrected chi connectivity index (χ0v) is 17.4. The van der Waals surface area contributed by atoms with Gasteiger partial charge in [0.25, 0.3) is 0 Å². The number of thiocarbonyl (C=S) groups is 1. The van der Waals surface area contributed by atoms with Gasteiger partial charge in [-0.05, 0) is 61.0 Å². The third kappa shape index (κ3) is 6.15. The van der Waals surface area contributed by atoms with E-state index in [1.54, 1.807) is 36.1 Å². The first-order valence-corrected chi connectivity index (χ1v) is 9.71. The van der Waals surface area contributed by atoms with Gasteiger partial charge in [-0.1, -0.05) is 25.1 Å². The second-order valence-corrected chi connectivity index (χ2v) is 6.90. The Kier molecular flexibility index (Phi) is 7.18. The molecule has 1 aromatic heterocycles. The fraction of sp³-hybridized carbons (Fsp3) is 0.238. The van der Waals surface area contributed by atoms with E-state index in [1.807, 2.05) is 24.3 Å². The van der Waals surface area contributed by atoms with Crippen LogP contribution in [0.5, 0.6) is 11.5 Å². The summed E-state index contributed by atoms with van der Waals surface area (Å²) in [6.07, 6.45) is 4.28. The van der Waals surface area contributed by atoms with Gasteiger partial charge < -0.3 is 20.1 Å². The van der Waals surface area contributed by atoms with Gasteiger partial charge in [0, 0.05) is 0 Å². The van der Waals surface area contributed by atoms with E-state index < -0.39 is 6.61 Å². The highest BCUT2D eigenvalue weighted by molar-refractivity contribution is 7.80. The molecule has 0 bridgehead atoms. The van der Waals surface area contributed by atoms with Gasteiger partial charge in [0.15, 0.2) is 11.8 Å². The maximum atomic E-state index is 12.6. The Morgan fingerprint density at radius 2 is 1.93 bits per heavy atom. The van der Waals surface area contributed by atoms with Crippen molar-refractivity contribution in [3.05, 3.63) is 66.0 Å². The number of rotatable bonds is 8. The molecular weight excluding hydrogens is 410 g/mol. The van der Waals surface area contributed by atoms with Crippen LogP contribution in [0.25, 0.3) is 0 Å². The van der Waals surface area contributed by atoms with Gasteiger partial charge in [-0.2, -0.15) is 13.9 Å². The van der Waals surface area contributed by atoms with E-state index >= 15 is 0 Å². The number of ether oxygens (including phenoxy) is 2. The summed E-state index contributed by atoms with van der Waals surface area (Å²) >= 11 is 5.26. The summed E-state index contributed by atoms with van der Waals surface area (Å²) in [5.74, 6) is 0.771. The van der Waals surface area contributed by atoms with Gasteiger partial charge in [-0.15, -0.1) is 0 Å². The Hall–Kier alpha value is -3.20. The van der Waals surface area contributed by atoms with Crippen LogP contribution in [0.4, 0.5) is 20.2 Å². The summed E-state index contributed by atoms with van der Waals surface area (Å²) in [4.78, 5) is 0. The Balaban J connectivity index is 1.56. The SMILES string of the molecule is CCc1ccc(OCn2cc(NC(=S)Nc3ccc(C)cc3OC(F)F)cn2)cc1. The van der Waals surface area contributed by atoms with E-state index in [9.17, 15) is 8.78 Å². The van der Waals surface area contributed by atoms with Crippen molar-refractivity contribution in [3.8, 4) is 11.5 Å². The van der Waals surface area contributed by atoms with Crippen LogP contribution < -0.4 is 20.1 Å². The van der Waals surface area contributed by atoms with Crippen molar-refractivity contribution in [1.82, 2.24) is 9.78 Å². The lowest BCUT2D eigenvalue weighted by Crippen LogP contribution is -2.19. The summed E-state index contributed by atoms with van der Waals surface area (Å²) in [6.45, 7) is 1.19. The highest BCUT2D eigenvalue weighted by atomic mass is 32.1. The number of hydrogen-bond donors (Lipinski definition) is 2. The van der Waals surface area contributed by atoms with Crippen LogP contribution in [0.2, 0.25) is 0 Å². The van der Waals surface area contributed by atoms with Gasteiger partial charge in [-0.3, -0.25) is 0 Å². The van der Waals surface area contributed by atoms with E-state index in [-0.39, 0.29) is 17.6 Å². The molecule has 0 unspecified atom stereocenters. The first-order valence-electron chi connectivity index (χ1n) is 9.30. The highest BCUT2D eigenvalue weighted by Gasteiger charge is 2.11. The average Bonchev–Trinajstić information content (AvgIpc) is 3.15. The number of benzene rings is 2. The molecule has 0 fully saturated rings. The van der Waals surface area contributed by atoms with Gasteiger partial charge in [0.05, 0.1) is 23.8 Å². The Morgan fingerprint density at radius 1 is 1.17 bits per heavy atom. The van der Waals surface area contributed by atoms with Gasteiger partial charge >= 0.3 is 6.61 Å². The Bertz CT molecular complexity index is 993. The molecule has 6 nitrogen and oxygen atoms in total. The molecule has 0 atom stereocenters. The zero-order valence-electron chi connectivity index (χ0n) is 16.6. The fourth-order valence-electron chi connectivity index (χ4n) is 2.67. The first kappa shape index (κ1) is 21.5. The molecule has 3 rings (SSSR count). The molecule has 2 N–H and O–H groups in total. The van der Waals surface area contributed by atoms with Crippen molar-refractivity contribution in [3.63, 3.8) is 0 Å². The molecule has 0 saturated heterocycles. The van der Waals surface area contributed by atoms with E-state index in [0.29, 0.717) is 11.4 Å². The molecule has 30 heavy (non-hydrogen) atoms. The molecule has 158 valence electrons. The van der Waals surface area contributed by atoms with Crippen LogP contribution in [0.3, 0.4) is 0 Å². The van der Waals surface area contributed by atoms with E-state index in [1.165, 1.54) is 11.6 Å². The van der Waals surface area contributed by atoms with Crippen LogP contribution in [-0.4, -0.2) is 21.5 Å². The third-order valence-electron chi connectivity index (χ3n) is 4.19. The quantitative estimate of drug-likeness (QED) is 0.477. The number of aromatic nitrogens is 2. The van der Waals surface area contributed by atoms with Crippen LogP contribution in [0.1, 0.15) is 18.1 Å². The van der Waals surface area contributed by atoms with Crippen LogP contribution in [0.15, 0.2) is 54.9 Å². The minimum atomic E-state index is -2.93. The summed E-state index contributed by atoms with van der Waals surface area (Å²) in [6, 6.07) is 12.8. The van der Waals surface area contributed by atoms with Gasteiger partial charge in [-0.25, -0.2) is 4.68 Å². The highest BCUT2D eigenvalue weighted by Crippen LogP contribution is 2.27. The largest absolute Gasteiger partial charge is 0.471 e. The third-order valence-corrected chi connectivity index (χ3v) is 4.39. The fourth-order valence-corrected chi connectivity index (χ4v) is 2.90. The van der Waals surface area contributed by atoms with Crippen molar-refractivity contribution in [2.24, 2.45) is 0 Å². The van der Waals surface area contributed by atoms with Crippen molar-refractivity contribution in [1.29, 1.82) is 0 Å². The van der Waals surface area contributed by atoms with E-state index in [0.717, 1.165) is 17.7 Å². The number of aryl methyl sites for hydroxylation is 2. The van der Waals surface area contributed by atoms with Gasteiger partial charge in [0.2, 0.25) is 0 Å². The molecule has 3 aromatic rings. The standard InChI is InChI=1S/C21H22F2N4O2S/c1-3-15-5-7-17(8-6-15)28-13-27-12-16(11-24-27)25-21(30)26-18-9-4-14(2)10-19(18)29-20(22)23/h4-12,20H,3,13H2,1-2H3,(H2,25,26,30). The molecule has 0 aliphatic rings. The molecule has 0 radical (unpaired) electrons. The number of halogens is 2. The average molecular weight is 432 g/mol. The normalized spacial score (nSPS) is 10.7. The predicted octanol–water partition coefficient (Wildman–Crippen LogP) is 5.20. The summed E-state index contributed by atoms with van der Waals surface area (Å²) in [5, 5.41) is 10.2. The van der Waals surface area contributed by atoms with E-state index in [4.69, 9.17) is 17.0 Å². The van der Waals surface area contributed by atoms with Crippen molar-refractivity contribution < 1.29 is 18.3 Å². The van der Waals surface area contributed by atoms with Gasteiger partial charge in [0.1, 0.15) is 11.5 Å². The smallest absolute Gasteiger partial charge is 0.387 e.